The number of thioether (sulfide) groups is 1. The van der Waals surface area contributed by atoms with Crippen LogP contribution >= 0.6 is 23.1 Å². The molecule has 0 spiro atoms. The first kappa shape index (κ1) is 15.3. The van der Waals surface area contributed by atoms with Gasteiger partial charge in [-0.1, -0.05) is 12.1 Å². The quantitative estimate of drug-likeness (QED) is 0.732. The fourth-order valence-corrected chi connectivity index (χ4v) is 3.84. The molecular formula is C17H17NO2S2. The Bertz CT molecular complexity index is 740. The fraction of sp³-hybridized carbons (Fsp3) is 0.235. The van der Waals surface area contributed by atoms with Crippen molar-refractivity contribution in [2.45, 2.75) is 11.9 Å². The Kier molecular flexibility index (Phi) is 4.97. The van der Waals surface area contributed by atoms with Crippen LogP contribution in [0, 0.1) is 0 Å². The molecular weight excluding hydrogens is 314 g/mol. The molecule has 1 aromatic carbocycles. The molecule has 0 aliphatic carbocycles. The Hall–Kier alpha value is -1.56. The summed E-state index contributed by atoms with van der Waals surface area (Å²) >= 11 is 3.37. The number of nitrogens with zero attached hydrogens (tertiary/aromatic N) is 1. The molecule has 2 aromatic heterocycles. The van der Waals surface area contributed by atoms with E-state index in [1.54, 1.807) is 30.2 Å². The molecule has 114 valence electrons. The number of hydrogen-bond acceptors (Lipinski definition) is 5. The monoisotopic (exact) mass is 331 g/mol. The Morgan fingerprint density at radius 3 is 2.86 bits per heavy atom. The fourth-order valence-electron chi connectivity index (χ4n) is 2.19. The maximum absolute atomic E-state index is 10.2. The predicted octanol–water partition coefficient (Wildman–Crippen LogP) is 4.27. The number of aliphatic hydroxyl groups excluding tert-OH is 1. The lowest BCUT2D eigenvalue weighted by Gasteiger charge is -2.11. The summed E-state index contributed by atoms with van der Waals surface area (Å²) in [7, 11) is 1.64. The van der Waals surface area contributed by atoms with Crippen LogP contribution in [0.5, 0.6) is 5.75 Å². The Morgan fingerprint density at radius 1 is 1.27 bits per heavy atom. The molecule has 22 heavy (non-hydrogen) atoms. The lowest BCUT2D eigenvalue weighted by Crippen LogP contribution is -2.01. The minimum absolute atomic E-state index is 0.464. The molecule has 0 bridgehead atoms. The molecule has 0 aliphatic rings. The maximum Gasteiger partial charge on any atom is 0.123 e. The molecule has 0 saturated heterocycles. The SMILES string of the molecule is COc1ccc(C(O)CSCc2cnc3sccc3c2)cc1. The summed E-state index contributed by atoms with van der Waals surface area (Å²) in [4.78, 5) is 5.52. The predicted molar refractivity (Wildman–Crippen MR) is 93.7 cm³/mol. The molecule has 0 fully saturated rings. The van der Waals surface area contributed by atoms with Crippen molar-refractivity contribution in [3.8, 4) is 5.75 Å². The van der Waals surface area contributed by atoms with E-state index in [0.717, 1.165) is 21.9 Å². The molecule has 0 amide bonds. The van der Waals surface area contributed by atoms with Gasteiger partial charge in [0.1, 0.15) is 10.6 Å². The van der Waals surface area contributed by atoms with Crippen LogP contribution in [0.3, 0.4) is 0 Å². The third kappa shape index (κ3) is 3.61. The number of aromatic nitrogens is 1. The number of benzene rings is 1. The Morgan fingerprint density at radius 2 is 2.09 bits per heavy atom. The summed E-state index contributed by atoms with van der Waals surface area (Å²) in [6.07, 6.45) is 1.46. The van der Waals surface area contributed by atoms with Gasteiger partial charge in [0, 0.05) is 23.1 Å². The third-order valence-corrected chi connectivity index (χ3v) is 5.33. The average Bonchev–Trinajstić information content (AvgIpc) is 3.02. The first-order valence-corrected chi connectivity index (χ1v) is 9.01. The number of ether oxygens (including phenoxy) is 1. The second kappa shape index (κ2) is 7.13. The van der Waals surface area contributed by atoms with E-state index in [2.05, 4.69) is 22.5 Å². The van der Waals surface area contributed by atoms with Crippen molar-refractivity contribution < 1.29 is 9.84 Å². The van der Waals surface area contributed by atoms with Gasteiger partial charge in [0.15, 0.2) is 0 Å². The van der Waals surface area contributed by atoms with Gasteiger partial charge in [-0.05, 0) is 40.8 Å². The van der Waals surface area contributed by atoms with E-state index in [1.165, 1.54) is 10.9 Å². The highest BCUT2D eigenvalue weighted by Gasteiger charge is 2.08. The summed E-state index contributed by atoms with van der Waals surface area (Å²) < 4.78 is 5.12. The van der Waals surface area contributed by atoms with Gasteiger partial charge in [0.05, 0.1) is 13.2 Å². The zero-order valence-electron chi connectivity index (χ0n) is 12.2. The highest BCUT2D eigenvalue weighted by atomic mass is 32.2. The molecule has 3 rings (SSSR count). The zero-order valence-corrected chi connectivity index (χ0v) is 13.9. The van der Waals surface area contributed by atoms with Gasteiger partial charge in [-0.2, -0.15) is 11.8 Å². The van der Waals surface area contributed by atoms with E-state index < -0.39 is 6.10 Å². The largest absolute Gasteiger partial charge is 0.497 e. The minimum atomic E-state index is -0.464. The van der Waals surface area contributed by atoms with Gasteiger partial charge in [0.25, 0.3) is 0 Å². The molecule has 3 aromatic rings. The van der Waals surface area contributed by atoms with Crippen molar-refractivity contribution in [3.05, 3.63) is 59.1 Å². The first-order valence-electron chi connectivity index (χ1n) is 6.98. The summed E-state index contributed by atoms with van der Waals surface area (Å²) in [6, 6.07) is 11.8. The summed E-state index contributed by atoms with van der Waals surface area (Å²) in [6.45, 7) is 0. The van der Waals surface area contributed by atoms with Crippen molar-refractivity contribution in [3.63, 3.8) is 0 Å². The van der Waals surface area contributed by atoms with Crippen LogP contribution < -0.4 is 4.74 Å². The average molecular weight is 331 g/mol. The van der Waals surface area contributed by atoms with Crippen LogP contribution in [0.1, 0.15) is 17.2 Å². The van der Waals surface area contributed by atoms with Gasteiger partial charge in [0.2, 0.25) is 0 Å². The molecule has 0 aliphatic heterocycles. The number of aliphatic hydroxyl groups is 1. The Balaban J connectivity index is 1.55. The number of methoxy groups -OCH3 is 1. The molecule has 3 nitrogen and oxygen atoms in total. The van der Waals surface area contributed by atoms with Crippen molar-refractivity contribution in [1.82, 2.24) is 4.98 Å². The van der Waals surface area contributed by atoms with Crippen molar-refractivity contribution in [1.29, 1.82) is 0 Å². The molecule has 1 N–H and O–H groups in total. The van der Waals surface area contributed by atoms with Gasteiger partial charge < -0.3 is 9.84 Å². The summed E-state index contributed by atoms with van der Waals surface area (Å²) in [5, 5.41) is 13.5. The van der Waals surface area contributed by atoms with E-state index in [4.69, 9.17) is 4.74 Å². The number of thiophene rings is 1. The number of fused-ring (bicyclic) bond motifs is 1. The molecule has 0 saturated carbocycles. The van der Waals surface area contributed by atoms with Crippen LogP contribution in [0.2, 0.25) is 0 Å². The molecule has 5 heteroatoms. The standard InChI is InChI=1S/C17H17NO2S2/c1-20-15-4-2-13(3-5-15)16(19)11-21-10-12-8-14-6-7-22-17(14)18-9-12/h2-9,16,19H,10-11H2,1H3. The minimum Gasteiger partial charge on any atom is -0.497 e. The van der Waals surface area contributed by atoms with Crippen molar-refractivity contribution in [2.75, 3.05) is 12.9 Å². The molecule has 1 atom stereocenters. The van der Waals surface area contributed by atoms with Crippen LogP contribution in [-0.4, -0.2) is 23.0 Å². The summed E-state index contributed by atoms with van der Waals surface area (Å²) in [5.41, 5.74) is 2.11. The van der Waals surface area contributed by atoms with Gasteiger partial charge in [-0.25, -0.2) is 4.98 Å². The van der Waals surface area contributed by atoms with E-state index in [9.17, 15) is 5.11 Å². The lowest BCUT2D eigenvalue weighted by atomic mass is 10.1. The second-order valence-corrected chi connectivity index (χ2v) is 6.89. The summed E-state index contributed by atoms with van der Waals surface area (Å²) in [5.74, 6) is 2.32. The highest BCUT2D eigenvalue weighted by Crippen LogP contribution is 2.25. The van der Waals surface area contributed by atoms with Crippen LogP contribution in [-0.2, 0) is 5.75 Å². The molecule has 0 radical (unpaired) electrons. The van der Waals surface area contributed by atoms with Crippen LogP contribution in [0.4, 0.5) is 0 Å². The number of rotatable bonds is 6. The topological polar surface area (TPSA) is 42.4 Å². The zero-order chi connectivity index (χ0) is 15.4. The van der Waals surface area contributed by atoms with Crippen LogP contribution in [0.15, 0.2) is 48.0 Å². The van der Waals surface area contributed by atoms with E-state index in [1.807, 2.05) is 30.5 Å². The first-order chi connectivity index (χ1) is 10.8. The number of hydrogen-bond donors (Lipinski definition) is 1. The number of pyridine rings is 1. The van der Waals surface area contributed by atoms with E-state index >= 15 is 0 Å². The van der Waals surface area contributed by atoms with Crippen LogP contribution in [0.25, 0.3) is 10.2 Å². The smallest absolute Gasteiger partial charge is 0.123 e. The Labute approximate surface area is 138 Å². The highest BCUT2D eigenvalue weighted by molar-refractivity contribution is 7.98. The maximum atomic E-state index is 10.2. The lowest BCUT2D eigenvalue weighted by molar-refractivity contribution is 0.204. The second-order valence-electron chi connectivity index (χ2n) is 4.96. The molecule has 2 heterocycles. The molecule has 1 unspecified atom stereocenters. The van der Waals surface area contributed by atoms with E-state index in [0.29, 0.717) is 5.75 Å². The van der Waals surface area contributed by atoms with Gasteiger partial charge in [-0.3, -0.25) is 0 Å². The third-order valence-electron chi connectivity index (χ3n) is 3.41. The van der Waals surface area contributed by atoms with E-state index in [-0.39, 0.29) is 0 Å². The van der Waals surface area contributed by atoms with Gasteiger partial charge >= 0.3 is 0 Å². The van der Waals surface area contributed by atoms with Crippen molar-refractivity contribution in [2.24, 2.45) is 0 Å². The normalized spacial score (nSPS) is 12.5. The van der Waals surface area contributed by atoms with Gasteiger partial charge in [-0.15, -0.1) is 11.3 Å². The van der Waals surface area contributed by atoms with Crippen molar-refractivity contribution >= 4 is 33.3 Å².